The van der Waals surface area contributed by atoms with Gasteiger partial charge in [-0.25, -0.2) is 4.98 Å². The molecule has 0 saturated heterocycles. The molecule has 0 atom stereocenters. The van der Waals surface area contributed by atoms with E-state index in [0.717, 1.165) is 30.4 Å². The number of hydrogen-bond acceptors (Lipinski definition) is 5. The number of para-hydroxylation sites is 2. The second-order valence-electron chi connectivity index (χ2n) is 7.81. The summed E-state index contributed by atoms with van der Waals surface area (Å²) in [4.78, 5) is 28.6. The summed E-state index contributed by atoms with van der Waals surface area (Å²) in [6, 6.07) is 16.4. The van der Waals surface area contributed by atoms with Crippen molar-refractivity contribution >= 4 is 39.6 Å². The molecular formula is C25H29N3O4. The topological polar surface area (TPSA) is 104 Å². The van der Waals surface area contributed by atoms with Crippen molar-refractivity contribution < 1.29 is 19.4 Å². The fourth-order valence-electron chi connectivity index (χ4n) is 3.72. The zero-order valence-electron chi connectivity index (χ0n) is 18.3. The standard InChI is InChI=1S/C25H29N3O4/c1-28(23(26)13-7-17-32-25(31)15-14-24(29)30)16-6-10-18-19-8-2-4-11-21(19)27-22-12-5-3-9-20(18)22/h2-5,8-9,11-12,26H,6-7,10,13-17H2,1H3,(H,29,30). The average molecular weight is 436 g/mol. The fraction of sp³-hybridized carbons (Fsp3) is 0.360. The van der Waals surface area contributed by atoms with Crippen molar-refractivity contribution in [1.29, 1.82) is 5.41 Å². The zero-order valence-corrected chi connectivity index (χ0v) is 18.3. The highest BCUT2D eigenvalue weighted by Crippen LogP contribution is 2.27. The van der Waals surface area contributed by atoms with E-state index in [1.165, 1.54) is 16.3 Å². The van der Waals surface area contributed by atoms with Gasteiger partial charge >= 0.3 is 11.9 Å². The molecule has 0 spiro atoms. The Balaban J connectivity index is 1.49. The van der Waals surface area contributed by atoms with E-state index in [-0.39, 0.29) is 19.4 Å². The number of hydrogen-bond donors (Lipinski definition) is 2. The Morgan fingerprint density at radius 1 is 0.969 bits per heavy atom. The fourth-order valence-corrected chi connectivity index (χ4v) is 3.72. The van der Waals surface area contributed by atoms with Gasteiger partial charge in [0.15, 0.2) is 0 Å². The van der Waals surface area contributed by atoms with E-state index in [0.29, 0.717) is 18.7 Å². The highest BCUT2D eigenvalue weighted by atomic mass is 16.5. The molecule has 0 aliphatic heterocycles. The van der Waals surface area contributed by atoms with Crippen LogP contribution in [-0.2, 0) is 20.7 Å². The molecule has 7 heteroatoms. The number of rotatable bonds is 11. The van der Waals surface area contributed by atoms with Crippen molar-refractivity contribution in [3.8, 4) is 0 Å². The van der Waals surface area contributed by atoms with Crippen LogP contribution in [0.2, 0.25) is 0 Å². The Morgan fingerprint density at radius 3 is 2.22 bits per heavy atom. The monoisotopic (exact) mass is 435 g/mol. The molecule has 32 heavy (non-hydrogen) atoms. The van der Waals surface area contributed by atoms with Crippen LogP contribution in [0.15, 0.2) is 48.5 Å². The largest absolute Gasteiger partial charge is 0.481 e. The maximum absolute atomic E-state index is 11.4. The number of aryl methyl sites for hydroxylation is 1. The second-order valence-corrected chi connectivity index (χ2v) is 7.81. The van der Waals surface area contributed by atoms with Gasteiger partial charge in [0.05, 0.1) is 36.3 Å². The van der Waals surface area contributed by atoms with Crippen LogP contribution >= 0.6 is 0 Å². The quantitative estimate of drug-likeness (QED) is 0.152. The molecule has 0 fully saturated rings. The summed E-state index contributed by atoms with van der Waals surface area (Å²) < 4.78 is 5.02. The number of amidine groups is 1. The summed E-state index contributed by atoms with van der Waals surface area (Å²) in [5.41, 5.74) is 3.29. The average Bonchev–Trinajstić information content (AvgIpc) is 2.79. The molecule has 0 aliphatic rings. The number of carboxylic acid groups (broad SMARTS) is 1. The number of nitrogens with zero attached hydrogens (tertiary/aromatic N) is 2. The number of esters is 1. The van der Waals surface area contributed by atoms with Crippen molar-refractivity contribution in [2.24, 2.45) is 0 Å². The van der Waals surface area contributed by atoms with E-state index in [9.17, 15) is 9.59 Å². The first-order valence-electron chi connectivity index (χ1n) is 10.9. The lowest BCUT2D eigenvalue weighted by atomic mass is 9.98. The number of carbonyl (C=O) groups excluding carboxylic acids is 1. The van der Waals surface area contributed by atoms with Crippen LogP contribution in [0.25, 0.3) is 21.8 Å². The number of nitrogens with one attached hydrogen (secondary N) is 1. The minimum absolute atomic E-state index is 0.120. The molecule has 0 radical (unpaired) electrons. The van der Waals surface area contributed by atoms with E-state index in [2.05, 4.69) is 12.1 Å². The van der Waals surface area contributed by atoms with Gasteiger partial charge in [0.1, 0.15) is 0 Å². The van der Waals surface area contributed by atoms with E-state index < -0.39 is 11.9 Å². The van der Waals surface area contributed by atoms with Crippen LogP contribution in [0.5, 0.6) is 0 Å². The molecule has 2 aromatic carbocycles. The first-order chi connectivity index (χ1) is 15.5. The number of pyridine rings is 1. The Morgan fingerprint density at radius 2 is 1.59 bits per heavy atom. The number of fused-ring (bicyclic) bond motifs is 2. The molecule has 0 aliphatic carbocycles. The Bertz CT molecular complexity index is 1060. The highest BCUT2D eigenvalue weighted by Gasteiger charge is 2.11. The van der Waals surface area contributed by atoms with Gasteiger partial charge in [-0.3, -0.25) is 15.0 Å². The summed E-state index contributed by atoms with van der Waals surface area (Å²) >= 11 is 0. The number of carboxylic acids is 1. The van der Waals surface area contributed by atoms with Gasteiger partial charge in [-0.15, -0.1) is 0 Å². The van der Waals surface area contributed by atoms with Crippen LogP contribution in [-0.4, -0.2) is 53.0 Å². The lowest BCUT2D eigenvalue weighted by Gasteiger charge is -2.20. The van der Waals surface area contributed by atoms with Gasteiger partial charge < -0.3 is 14.7 Å². The molecule has 168 valence electrons. The van der Waals surface area contributed by atoms with Crippen LogP contribution in [0.1, 0.15) is 37.7 Å². The molecule has 2 N–H and O–H groups in total. The predicted octanol–water partition coefficient (Wildman–Crippen LogP) is 4.42. The van der Waals surface area contributed by atoms with Gasteiger partial charge in [0.2, 0.25) is 0 Å². The van der Waals surface area contributed by atoms with E-state index in [1.54, 1.807) is 0 Å². The lowest BCUT2D eigenvalue weighted by molar-refractivity contribution is -0.147. The maximum Gasteiger partial charge on any atom is 0.306 e. The van der Waals surface area contributed by atoms with Crippen molar-refractivity contribution in [3.63, 3.8) is 0 Å². The third-order valence-corrected chi connectivity index (χ3v) is 5.44. The highest BCUT2D eigenvalue weighted by molar-refractivity contribution is 5.97. The smallest absolute Gasteiger partial charge is 0.306 e. The van der Waals surface area contributed by atoms with Crippen molar-refractivity contribution in [1.82, 2.24) is 9.88 Å². The second kappa shape index (κ2) is 11.2. The van der Waals surface area contributed by atoms with Crippen LogP contribution < -0.4 is 0 Å². The number of benzene rings is 2. The summed E-state index contributed by atoms with van der Waals surface area (Å²) in [6.45, 7) is 0.950. The number of ether oxygens (including phenoxy) is 1. The molecule has 3 rings (SSSR count). The Hall–Kier alpha value is -3.48. The third kappa shape index (κ3) is 6.26. The minimum atomic E-state index is -1.02. The molecule has 7 nitrogen and oxygen atoms in total. The molecule has 0 amide bonds. The van der Waals surface area contributed by atoms with E-state index >= 15 is 0 Å². The van der Waals surface area contributed by atoms with E-state index in [4.69, 9.17) is 20.2 Å². The molecule has 0 bridgehead atoms. The van der Waals surface area contributed by atoms with Gasteiger partial charge in [-0.05, 0) is 37.0 Å². The Kier molecular flexibility index (Phi) is 8.14. The van der Waals surface area contributed by atoms with Crippen LogP contribution in [0.4, 0.5) is 0 Å². The van der Waals surface area contributed by atoms with E-state index in [1.807, 2.05) is 48.3 Å². The van der Waals surface area contributed by atoms with Gasteiger partial charge in [-0.1, -0.05) is 36.4 Å². The number of aliphatic carboxylic acids is 1. The Labute approximate surface area is 187 Å². The SMILES string of the molecule is CN(CCCc1c2ccccc2nc2ccccc12)C(=N)CCCOC(=O)CCC(=O)O. The van der Waals surface area contributed by atoms with Crippen LogP contribution in [0, 0.1) is 5.41 Å². The number of aromatic nitrogens is 1. The van der Waals surface area contributed by atoms with Gasteiger partial charge in [0, 0.05) is 30.8 Å². The molecule has 3 aromatic rings. The maximum atomic E-state index is 11.4. The van der Waals surface area contributed by atoms with Crippen molar-refractivity contribution in [3.05, 3.63) is 54.1 Å². The summed E-state index contributed by atoms with van der Waals surface area (Å²) in [6.07, 6.45) is 2.50. The zero-order chi connectivity index (χ0) is 22.9. The predicted molar refractivity (Wildman–Crippen MR) is 125 cm³/mol. The molecule has 0 saturated carbocycles. The van der Waals surface area contributed by atoms with Crippen LogP contribution in [0.3, 0.4) is 0 Å². The first-order valence-corrected chi connectivity index (χ1v) is 10.9. The molecular weight excluding hydrogens is 406 g/mol. The van der Waals surface area contributed by atoms with Gasteiger partial charge in [-0.2, -0.15) is 0 Å². The summed E-state index contributed by atoms with van der Waals surface area (Å²) in [7, 11) is 1.91. The molecule has 0 unspecified atom stereocenters. The van der Waals surface area contributed by atoms with Crippen molar-refractivity contribution in [2.45, 2.75) is 38.5 Å². The summed E-state index contributed by atoms with van der Waals surface area (Å²) in [5, 5.41) is 19.2. The molecule has 1 heterocycles. The first kappa shape index (κ1) is 23.2. The summed E-state index contributed by atoms with van der Waals surface area (Å²) in [5.74, 6) is -1.03. The minimum Gasteiger partial charge on any atom is -0.481 e. The van der Waals surface area contributed by atoms with Gasteiger partial charge in [0.25, 0.3) is 0 Å². The third-order valence-electron chi connectivity index (χ3n) is 5.44. The molecule has 1 aromatic heterocycles. The lowest BCUT2D eigenvalue weighted by Crippen LogP contribution is -2.27. The number of carbonyl (C=O) groups is 2. The van der Waals surface area contributed by atoms with Crippen molar-refractivity contribution in [2.75, 3.05) is 20.2 Å². The normalized spacial score (nSPS) is 10.9.